The molecule has 0 spiro atoms. The minimum absolute atomic E-state index is 0.0249. The van der Waals surface area contributed by atoms with Crippen molar-refractivity contribution >= 4 is 17.6 Å². The van der Waals surface area contributed by atoms with E-state index < -0.39 is 17.8 Å². The highest BCUT2D eigenvalue weighted by atomic mass is 16.4. The highest BCUT2D eigenvalue weighted by molar-refractivity contribution is 5.96. The van der Waals surface area contributed by atoms with E-state index in [0.717, 1.165) is 23.2 Å². The molecule has 0 saturated heterocycles. The maximum Gasteiger partial charge on any atom is 0.307 e. The first kappa shape index (κ1) is 14.5. The van der Waals surface area contributed by atoms with Gasteiger partial charge in [0.1, 0.15) is 0 Å². The van der Waals surface area contributed by atoms with Gasteiger partial charge in [0.2, 0.25) is 5.91 Å². The third kappa shape index (κ3) is 2.12. The Kier molecular flexibility index (Phi) is 3.12. The Labute approximate surface area is 135 Å². The number of rotatable bonds is 3. The Morgan fingerprint density at radius 3 is 2.39 bits per heavy atom. The monoisotopic (exact) mass is 311 g/mol. The number of allylic oxidation sites excluding steroid dienone is 2. The zero-order chi connectivity index (χ0) is 16.3. The van der Waals surface area contributed by atoms with Crippen LogP contribution in [0, 0.1) is 49.4 Å². The number of aliphatic carboxylic acids is 1. The van der Waals surface area contributed by atoms with E-state index in [1.54, 1.807) is 0 Å². The molecule has 1 aromatic carbocycles. The van der Waals surface area contributed by atoms with Gasteiger partial charge in [-0.25, -0.2) is 0 Å². The summed E-state index contributed by atoms with van der Waals surface area (Å²) in [5, 5.41) is 12.7. The lowest BCUT2D eigenvalue weighted by Crippen LogP contribution is -2.48. The van der Waals surface area contributed by atoms with Gasteiger partial charge in [0.25, 0.3) is 0 Å². The predicted octanol–water partition coefficient (Wildman–Crippen LogP) is 3.01. The number of amides is 1. The van der Waals surface area contributed by atoms with Crippen LogP contribution in [0.2, 0.25) is 0 Å². The fourth-order valence-electron chi connectivity index (χ4n) is 4.67. The summed E-state index contributed by atoms with van der Waals surface area (Å²) in [6, 6.07) is 5.80. The number of nitrogens with one attached hydrogen (secondary N) is 1. The molecule has 1 amide bonds. The van der Waals surface area contributed by atoms with Gasteiger partial charge in [0, 0.05) is 5.69 Å². The number of anilines is 1. The van der Waals surface area contributed by atoms with E-state index in [2.05, 4.69) is 11.4 Å². The van der Waals surface area contributed by atoms with E-state index in [-0.39, 0.29) is 17.7 Å². The second-order valence-corrected chi connectivity index (χ2v) is 7.23. The normalized spacial score (nSPS) is 36.4. The van der Waals surface area contributed by atoms with Gasteiger partial charge in [-0.05, 0) is 61.1 Å². The lowest BCUT2D eigenvalue weighted by molar-refractivity contribution is -0.152. The number of aryl methyl sites for hydroxylation is 1. The number of hydrogen-bond donors (Lipinski definition) is 2. The zero-order valence-corrected chi connectivity index (χ0v) is 13.3. The molecule has 6 atom stereocenters. The Balaban J connectivity index is 1.63. The first-order valence-corrected chi connectivity index (χ1v) is 8.27. The van der Waals surface area contributed by atoms with Crippen LogP contribution in [0.3, 0.4) is 0 Å². The Hall–Kier alpha value is -2.10. The molecule has 23 heavy (non-hydrogen) atoms. The molecule has 0 heterocycles. The number of carboxylic acid groups (broad SMARTS) is 1. The molecule has 120 valence electrons. The molecular weight excluding hydrogens is 290 g/mol. The summed E-state index contributed by atoms with van der Waals surface area (Å²) < 4.78 is 0. The number of fused-ring (bicyclic) bond motifs is 1. The van der Waals surface area contributed by atoms with Gasteiger partial charge in [-0.15, -0.1) is 0 Å². The van der Waals surface area contributed by atoms with Crippen molar-refractivity contribution in [2.24, 2.45) is 35.5 Å². The van der Waals surface area contributed by atoms with E-state index in [4.69, 9.17) is 0 Å². The van der Waals surface area contributed by atoms with Crippen LogP contribution in [-0.2, 0) is 9.59 Å². The Morgan fingerprint density at radius 1 is 1.09 bits per heavy atom. The van der Waals surface area contributed by atoms with Crippen LogP contribution in [0.4, 0.5) is 5.69 Å². The van der Waals surface area contributed by atoms with E-state index >= 15 is 0 Å². The number of benzene rings is 1. The van der Waals surface area contributed by atoms with Crippen LogP contribution in [0.5, 0.6) is 0 Å². The molecule has 4 heteroatoms. The summed E-state index contributed by atoms with van der Waals surface area (Å²) in [5.41, 5.74) is 2.94. The summed E-state index contributed by atoms with van der Waals surface area (Å²) in [7, 11) is 0. The average molecular weight is 311 g/mol. The fourth-order valence-corrected chi connectivity index (χ4v) is 4.67. The van der Waals surface area contributed by atoms with E-state index in [1.807, 2.05) is 38.1 Å². The van der Waals surface area contributed by atoms with Crippen molar-refractivity contribution in [2.75, 3.05) is 5.32 Å². The minimum Gasteiger partial charge on any atom is -0.481 e. The van der Waals surface area contributed by atoms with Gasteiger partial charge < -0.3 is 10.4 Å². The van der Waals surface area contributed by atoms with Gasteiger partial charge >= 0.3 is 5.97 Å². The molecule has 2 fully saturated rings. The van der Waals surface area contributed by atoms with Crippen molar-refractivity contribution in [1.29, 1.82) is 0 Å². The molecule has 0 aliphatic heterocycles. The molecule has 4 aliphatic carbocycles. The first-order valence-electron chi connectivity index (χ1n) is 8.27. The minimum atomic E-state index is -0.837. The molecule has 4 aliphatic rings. The maximum absolute atomic E-state index is 12.9. The van der Waals surface area contributed by atoms with Gasteiger partial charge in [0.05, 0.1) is 11.8 Å². The summed E-state index contributed by atoms with van der Waals surface area (Å²) in [6.07, 6.45) is 5.20. The quantitative estimate of drug-likeness (QED) is 0.843. The fraction of sp³-hybridized carbons (Fsp3) is 0.474. The molecule has 2 N–H and O–H groups in total. The Morgan fingerprint density at radius 2 is 1.74 bits per heavy atom. The van der Waals surface area contributed by atoms with Crippen molar-refractivity contribution in [2.45, 2.75) is 20.3 Å². The summed E-state index contributed by atoms with van der Waals surface area (Å²) in [5.74, 6) is -0.921. The molecule has 0 radical (unpaired) electrons. The average Bonchev–Trinajstić information content (AvgIpc) is 3.33. The van der Waals surface area contributed by atoms with Crippen LogP contribution in [0.25, 0.3) is 0 Å². The summed E-state index contributed by atoms with van der Waals surface area (Å²) in [4.78, 5) is 24.7. The van der Waals surface area contributed by atoms with Gasteiger partial charge in [-0.3, -0.25) is 9.59 Å². The second kappa shape index (κ2) is 4.95. The van der Waals surface area contributed by atoms with Gasteiger partial charge in [-0.2, -0.15) is 0 Å². The molecule has 1 aromatic rings. The number of carbonyl (C=O) groups is 2. The van der Waals surface area contributed by atoms with Crippen LogP contribution >= 0.6 is 0 Å². The SMILES string of the molecule is Cc1cccc(NC(=O)[C@@H]2[C@H]3C=C[C@@H]([C@@H]4C[C@H]34)[C@H]2C(=O)O)c1C. The van der Waals surface area contributed by atoms with E-state index in [0.29, 0.717) is 11.8 Å². The van der Waals surface area contributed by atoms with E-state index in [9.17, 15) is 14.7 Å². The number of hydrogen-bond acceptors (Lipinski definition) is 2. The lowest BCUT2D eigenvalue weighted by Gasteiger charge is -2.41. The lowest BCUT2D eigenvalue weighted by atomic mass is 9.62. The maximum atomic E-state index is 12.9. The topological polar surface area (TPSA) is 66.4 Å². The van der Waals surface area contributed by atoms with Crippen molar-refractivity contribution in [3.8, 4) is 0 Å². The first-order chi connectivity index (χ1) is 11.0. The van der Waals surface area contributed by atoms with Crippen molar-refractivity contribution in [3.05, 3.63) is 41.5 Å². The highest BCUT2D eigenvalue weighted by Gasteiger charge is 2.62. The molecule has 0 unspecified atom stereocenters. The van der Waals surface area contributed by atoms with Crippen molar-refractivity contribution in [3.63, 3.8) is 0 Å². The molecule has 4 nitrogen and oxygen atoms in total. The van der Waals surface area contributed by atoms with Gasteiger partial charge in [-0.1, -0.05) is 24.3 Å². The van der Waals surface area contributed by atoms with Crippen LogP contribution in [0.1, 0.15) is 17.5 Å². The summed E-state index contributed by atoms with van der Waals surface area (Å²) >= 11 is 0. The van der Waals surface area contributed by atoms with Gasteiger partial charge in [0.15, 0.2) is 0 Å². The van der Waals surface area contributed by atoms with Crippen molar-refractivity contribution < 1.29 is 14.7 Å². The Bertz CT molecular complexity index is 723. The highest BCUT2D eigenvalue weighted by Crippen LogP contribution is 2.63. The molecular formula is C19H21NO3. The van der Waals surface area contributed by atoms with Crippen molar-refractivity contribution in [1.82, 2.24) is 0 Å². The predicted molar refractivity (Wildman–Crippen MR) is 86.9 cm³/mol. The second-order valence-electron chi connectivity index (χ2n) is 7.23. The molecule has 5 rings (SSSR count). The molecule has 2 bridgehead atoms. The van der Waals surface area contributed by atoms with Crippen LogP contribution in [0.15, 0.2) is 30.4 Å². The zero-order valence-electron chi connectivity index (χ0n) is 13.3. The number of carboxylic acids is 1. The largest absolute Gasteiger partial charge is 0.481 e. The molecule has 2 saturated carbocycles. The molecule has 0 aromatic heterocycles. The summed E-state index contributed by atoms with van der Waals surface area (Å²) in [6.45, 7) is 3.98. The number of carbonyl (C=O) groups excluding carboxylic acids is 1. The third-order valence-corrected chi connectivity index (χ3v) is 6.10. The van der Waals surface area contributed by atoms with Crippen LogP contribution in [-0.4, -0.2) is 17.0 Å². The van der Waals surface area contributed by atoms with Crippen LogP contribution < -0.4 is 5.32 Å². The standard InChI is InChI=1S/C19H21NO3/c1-9-4-3-5-15(10(9)2)20-18(21)16-11-6-7-12(14-8-13(11)14)17(16)19(22)23/h3-7,11-14,16-17H,8H2,1-2H3,(H,20,21)(H,22,23)/t11-,12-,13+,14-,16+,17+/m0/s1. The third-order valence-electron chi connectivity index (χ3n) is 6.10. The smallest absolute Gasteiger partial charge is 0.307 e. The van der Waals surface area contributed by atoms with E-state index in [1.165, 1.54) is 0 Å².